The number of sulfonamides is 1. The van der Waals surface area contributed by atoms with E-state index in [0.717, 1.165) is 28.9 Å². The third-order valence-corrected chi connectivity index (χ3v) is 14.0. The molecule has 0 aromatic heterocycles. The molecule has 1 amide bonds. The van der Waals surface area contributed by atoms with Crippen LogP contribution in [0.3, 0.4) is 0 Å². The number of hydrogen-bond acceptors (Lipinski definition) is 8. The summed E-state index contributed by atoms with van der Waals surface area (Å²) in [5.41, 5.74) is -0.569. The van der Waals surface area contributed by atoms with Crippen molar-refractivity contribution in [3.05, 3.63) is 58.7 Å². The Kier molecular flexibility index (Phi) is 10.1. The Bertz CT molecular complexity index is 1310. The third-order valence-electron chi connectivity index (χ3n) is 7.79. The average molecular weight is 624 g/mol. The van der Waals surface area contributed by atoms with Gasteiger partial charge in [0.05, 0.1) is 30.2 Å². The number of benzene rings is 1. The summed E-state index contributed by atoms with van der Waals surface area (Å²) in [5.74, 6) is 0.0851. The van der Waals surface area contributed by atoms with Gasteiger partial charge in [-0.15, -0.1) is 6.58 Å². The van der Waals surface area contributed by atoms with Gasteiger partial charge in [0.2, 0.25) is 0 Å². The number of nitro benzene ring substituents is 1. The molecular formula is C29H45N3O8SSi. The van der Waals surface area contributed by atoms with Gasteiger partial charge in [-0.1, -0.05) is 49.5 Å². The smallest absolute Gasteiger partial charge is 0.410 e. The van der Waals surface area contributed by atoms with E-state index in [1.807, 2.05) is 6.08 Å². The average Bonchev–Trinajstić information content (AvgIpc) is 3.71. The van der Waals surface area contributed by atoms with E-state index in [-0.39, 0.29) is 30.7 Å². The number of rotatable bonds is 11. The molecule has 0 saturated heterocycles. The molecule has 1 aromatic carbocycles. The van der Waals surface area contributed by atoms with E-state index < -0.39 is 57.6 Å². The van der Waals surface area contributed by atoms with Gasteiger partial charge in [-0.2, -0.15) is 0 Å². The topological polar surface area (TPSA) is 129 Å². The fourth-order valence-corrected chi connectivity index (χ4v) is 7.01. The van der Waals surface area contributed by atoms with Crippen LogP contribution in [-0.4, -0.2) is 74.6 Å². The van der Waals surface area contributed by atoms with Crippen LogP contribution >= 0.6 is 0 Å². The maximum Gasteiger partial charge on any atom is 0.410 e. The number of carbonyl (C=O) groups excluding carboxylic acids is 1. The zero-order valence-corrected chi connectivity index (χ0v) is 27.8. The molecule has 0 N–H and O–H groups in total. The van der Waals surface area contributed by atoms with Crippen LogP contribution in [0, 0.1) is 16.0 Å². The number of ether oxygens (including phenoxy) is 1. The molecule has 1 heterocycles. The fourth-order valence-electron chi connectivity index (χ4n) is 4.42. The van der Waals surface area contributed by atoms with Crippen LogP contribution in [0.2, 0.25) is 18.1 Å². The Morgan fingerprint density at radius 1 is 1.19 bits per heavy atom. The predicted octanol–water partition coefficient (Wildman–Crippen LogP) is 6.05. The second-order valence-electron chi connectivity index (χ2n) is 13.3. The molecule has 1 saturated carbocycles. The normalized spacial score (nSPS) is 20.3. The number of hydroxylamine groups is 1. The maximum atomic E-state index is 14.1. The largest absolute Gasteiger partial charge is 0.444 e. The summed E-state index contributed by atoms with van der Waals surface area (Å²) in [6.45, 7) is 19.6. The van der Waals surface area contributed by atoms with Gasteiger partial charge in [0.25, 0.3) is 15.7 Å². The highest BCUT2D eigenvalue weighted by atomic mass is 32.2. The lowest BCUT2D eigenvalue weighted by molar-refractivity contribution is -0.388. The van der Waals surface area contributed by atoms with Crippen LogP contribution in [-0.2, 0) is 24.0 Å². The molecule has 0 unspecified atom stereocenters. The molecule has 3 rings (SSSR count). The summed E-state index contributed by atoms with van der Waals surface area (Å²) in [6.07, 6.45) is 4.39. The minimum atomic E-state index is -4.57. The first-order chi connectivity index (χ1) is 19.3. The molecule has 42 heavy (non-hydrogen) atoms. The molecule has 13 heteroatoms. The number of carbonyl (C=O) groups is 1. The van der Waals surface area contributed by atoms with Crippen molar-refractivity contribution in [1.29, 1.82) is 0 Å². The molecule has 0 bridgehead atoms. The van der Waals surface area contributed by atoms with Crippen LogP contribution in [0.5, 0.6) is 0 Å². The van der Waals surface area contributed by atoms with Crippen molar-refractivity contribution in [3.8, 4) is 0 Å². The summed E-state index contributed by atoms with van der Waals surface area (Å²) in [5, 5.41) is 11.7. The van der Waals surface area contributed by atoms with Crippen molar-refractivity contribution in [3.63, 3.8) is 0 Å². The monoisotopic (exact) mass is 623 g/mol. The van der Waals surface area contributed by atoms with Crippen LogP contribution in [0.25, 0.3) is 0 Å². The number of nitro groups is 1. The van der Waals surface area contributed by atoms with Crippen molar-refractivity contribution >= 4 is 30.1 Å². The van der Waals surface area contributed by atoms with E-state index in [1.165, 1.54) is 29.2 Å². The highest BCUT2D eigenvalue weighted by molar-refractivity contribution is 7.89. The lowest BCUT2D eigenvalue weighted by atomic mass is 9.95. The van der Waals surface area contributed by atoms with Crippen LogP contribution in [0.4, 0.5) is 10.5 Å². The van der Waals surface area contributed by atoms with Gasteiger partial charge in [-0.3, -0.25) is 19.9 Å². The fraction of sp³-hybridized carbons (Fsp3) is 0.621. The van der Waals surface area contributed by atoms with E-state index in [1.54, 1.807) is 20.8 Å². The summed E-state index contributed by atoms with van der Waals surface area (Å²) in [6, 6.07) is 3.70. The molecule has 1 aliphatic heterocycles. The number of nitrogens with zero attached hydrogens (tertiary/aromatic N) is 3. The molecule has 0 spiro atoms. The van der Waals surface area contributed by atoms with Gasteiger partial charge in [0, 0.05) is 12.6 Å². The second-order valence-corrected chi connectivity index (χ2v) is 19.9. The highest BCUT2D eigenvalue weighted by Crippen LogP contribution is 2.44. The molecule has 1 fully saturated rings. The van der Waals surface area contributed by atoms with E-state index >= 15 is 0 Å². The predicted molar refractivity (Wildman–Crippen MR) is 163 cm³/mol. The zero-order chi connectivity index (χ0) is 31.7. The van der Waals surface area contributed by atoms with Crippen LogP contribution < -0.4 is 0 Å². The molecule has 0 radical (unpaired) electrons. The van der Waals surface area contributed by atoms with Gasteiger partial charge in [0.1, 0.15) is 5.60 Å². The summed E-state index contributed by atoms with van der Waals surface area (Å²) in [4.78, 5) is 31.4. The quantitative estimate of drug-likeness (QED) is 0.126. The van der Waals surface area contributed by atoms with Crippen molar-refractivity contribution in [2.45, 2.75) is 95.1 Å². The van der Waals surface area contributed by atoms with E-state index in [9.17, 15) is 23.3 Å². The van der Waals surface area contributed by atoms with Gasteiger partial charge in [-0.05, 0) is 69.3 Å². The van der Waals surface area contributed by atoms with Crippen LogP contribution in [0.1, 0.15) is 54.4 Å². The maximum absolute atomic E-state index is 14.1. The van der Waals surface area contributed by atoms with Crippen molar-refractivity contribution in [1.82, 2.24) is 9.37 Å². The minimum Gasteiger partial charge on any atom is -0.444 e. The molecular weight excluding hydrogens is 578 g/mol. The molecule has 234 valence electrons. The lowest BCUT2D eigenvalue weighted by Gasteiger charge is -2.44. The molecule has 2 atom stereocenters. The van der Waals surface area contributed by atoms with Crippen molar-refractivity contribution in [2.75, 3.05) is 19.8 Å². The van der Waals surface area contributed by atoms with Crippen LogP contribution in [0.15, 0.2) is 53.5 Å². The van der Waals surface area contributed by atoms with Gasteiger partial charge >= 0.3 is 6.09 Å². The van der Waals surface area contributed by atoms with Crippen molar-refractivity contribution in [2.24, 2.45) is 5.92 Å². The lowest BCUT2D eigenvalue weighted by Crippen LogP contribution is -2.57. The summed E-state index contributed by atoms with van der Waals surface area (Å²) >= 11 is 0. The Labute approximate surface area is 250 Å². The molecule has 1 aromatic rings. The highest BCUT2D eigenvalue weighted by Gasteiger charge is 2.48. The number of para-hydroxylation sites is 1. The zero-order valence-electron chi connectivity index (χ0n) is 26.0. The van der Waals surface area contributed by atoms with Gasteiger partial charge in [0.15, 0.2) is 13.2 Å². The second kappa shape index (κ2) is 12.6. The Balaban J connectivity index is 2.13. The first kappa shape index (κ1) is 33.9. The van der Waals surface area contributed by atoms with E-state index in [4.69, 9.17) is 14.0 Å². The first-order valence-corrected chi connectivity index (χ1v) is 18.5. The van der Waals surface area contributed by atoms with Gasteiger partial charge in [-0.25, -0.2) is 13.2 Å². The van der Waals surface area contributed by atoms with E-state index in [0.29, 0.717) is 0 Å². The minimum absolute atomic E-state index is 0.0577. The molecule has 11 nitrogen and oxygen atoms in total. The Hall–Kier alpha value is -2.58. The third kappa shape index (κ3) is 7.87. The standard InChI is InChI=1S/C29H45N3O8SSi/c1-10-17-38-32(41(36,37)26-14-12-11-13-24(26)31(34)35)25-19-30(27(33)40-28(2,3)4)22(18-23(25)21-15-16-21)20-39-42(8,9)29(5,6)7/h10-14,18,21-22,25H,1,15-17,19-20H2,2-9H3/t22-,25-/m0/s1. The Morgan fingerprint density at radius 3 is 2.33 bits per heavy atom. The Morgan fingerprint density at radius 2 is 1.81 bits per heavy atom. The molecule has 2 aliphatic rings. The number of hydrogen-bond donors (Lipinski definition) is 0. The summed E-state index contributed by atoms with van der Waals surface area (Å²) < 4.78 is 41.3. The van der Waals surface area contributed by atoms with Crippen molar-refractivity contribution < 1.29 is 32.1 Å². The van der Waals surface area contributed by atoms with E-state index in [2.05, 4.69) is 40.4 Å². The first-order valence-electron chi connectivity index (χ1n) is 14.2. The summed E-state index contributed by atoms with van der Waals surface area (Å²) in [7, 11) is -6.76. The van der Waals surface area contributed by atoms with Gasteiger partial charge < -0.3 is 9.16 Å². The molecule has 1 aliphatic carbocycles. The SMILES string of the molecule is C=CCON([C@H]1CN(C(=O)OC(C)(C)C)[C@H](CO[Si](C)(C)C(C)(C)C)C=C1C1CC1)S(=O)(=O)c1ccccc1[N+](=O)[O-]. The number of amides is 1.